The zero-order valence-corrected chi connectivity index (χ0v) is 15.9. The Balaban J connectivity index is 1.57. The van der Waals surface area contributed by atoms with Crippen LogP contribution in [0.4, 0.5) is 11.5 Å². The van der Waals surface area contributed by atoms with Crippen molar-refractivity contribution >= 4 is 22.4 Å². The summed E-state index contributed by atoms with van der Waals surface area (Å²) in [7, 11) is 0. The van der Waals surface area contributed by atoms with E-state index in [1.807, 2.05) is 24.3 Å². The molecule has 0 atom stereocenters. The minimum atomic E-state index is -0.394. The monoisotopic (exact) mass is 377 g/mol. The van der Waals surface area contributed by atoms with Crippen LogP contribution >= 0.6 is 0 Å². The maximum absolute atomic E-state index is 11.0. The van der Waals surface area contributed by atoms with Crippen LogP contribution in [0.1, 0.15) is 25.3 Å². The number of nitrogens with zero attached hydrogens (tertiary/aromatic N) is 3. The van der Waals surface area contributed by atoms with Crippen LogP contribution in [0, 0.1) is 16.0 Å². The number of hydrogen-bond acceptors (Lipinski definition) is 5. The first-order chi connectivity index (χ1) is 13.6. The quantitative estimate of drug-likeness (QED) is 0.464. The third-order valence-corrected chi connectivity index (χ3v) is 5.29. The molecule has 2 heterocycles. The van der Waals surface area contributed by atoms with Gasteiger partial charge in [0.05, 0.1) is 4.92 Å². The fraction of sp³-hybridized carbons (Fsp3) is 0.318. The minimum absolute atomic E-state index is 0.0683. The van der Waals surface area contributed by atoms with Crippen molar-refractivity contribution < 1.29 is 9.66 Å². The van der Waals surface area contributed by atoms with Gasteiger partial charge in [0.25, 0.3) is 5.69 Å². The highest BCUT2D eigenvalue weighted by molar-refractivity contribution is 5.86. The van der Waals surface area contributed by atoms with Crippen molar-refractivity contribution in [3.05, 3.63) is 70.3 Å². The molecular formula is C22H23N3O3. The lowest BCUT2D eigenvalue weighted by Crippen LogP contribution is -2.33. The number of piperidine rings is 1. The van der Waals surface area contributed by atoms with E-state index in [-0.39, 0.29) is 12.3 Å². The van der Waals surface area contributed by atoms with Crippen LogP contribution in [-0.4, -0.2) is 23.0 Å². The number of hydrogen-bond donors (Lipinski definition) is 0. The summed E-state index contributed by atoms with van der Waals surface area (Å²) in [5, 5.41) is 12.0. The lowest BCUT2D eigenvalue weighted by molar-refractivity contribution is -0.384. The molecule has 1 aromatic heterocycles. The Bertz CT molecular complexity index is 997. The van der Waals surface area contributed by atoms with E-state index in [4.69, 9.17) is 9.72 Å². The predicted octanol–water partition coefficient (Wildman–Crippen LogP) is 4.96. The largest absolute Gasteiger partial charge is 0.487 e. The van der Waals surface area contributed by atoms with E-state index in [2.05, 4.69) is 24.0 Å². The van der Waals surface area contributed by atoms with Gasteiger partial charge < -0.3 is 9.64 Å². The van der Waals surface area contributed by atoms with Crippen molar-refractivity contribution in [1.29, 1.82) is 0 Å². The summed E-state index contributed by atoms with van der Waals surface area (Å²) in [6.45, 7) is 4.60. The lowest BCUT2D eigenvalue weighted by atomic mass is 9.99. The standard InChI is InChI=1S/C22H23N3O3/c1-16-10-12-24(13-11-16)21-9-8-18-5-3-7-20(22(18)23-21)28-15-17-4-2-6-19(14-17)25(26)27/h2-9,14,16H,10-13,15H2,1H3. The van der Waals surface area contributed by atoms with Crippen molar-refractivity contribution in [2.24, 2.45) is 5.92 Å². The van der Waals surface area contributed by atoms with Gasteiger partial charge in [0.1, 0.15) is 23.7 Å². The number of ether oxygens (including phenoxy) is 1. The van der Waals surface area contributed by atoms with Gasteiger partial charge in [-0.2, -0.15) is 0 Å². The summed E-state index contributed by atoms with van der Waals surface area (Å²) >= 11 is 0. The van der Waals surface area contributed by atoms with E-state index in [0.717, 1.165) is 41.3 Å². The Morgan fingerprint density at radius 1 is 1.14 bits per heavy atom. The van der Waals surface area contributed by atoms with Crippen LogP contribution in [0.15, 0.2) is 54.6 Å². The Morgan fingerprint density at radius 2 is 1.93 bits per heavy atom. The summed E-state index contributed by atoms with van der Waals surface area (Å²) in [5.41, 5.74) is 1.65. The summed E-state index contributed by atoms with van der Waals surface area (Å²) in [6, 6.07) is 16.5. The number of nitro groups is 1. The highest BCUT2D eigenvalue weighted by atomic mass is 16.6. The van der Waals surface area contributed by atoms with E-state index in [1.165, 1.54) is 18.9 Å². The second kappa shape index (κ2) is 7.84. The SMILES string of the molecule is CC1CCN(c2ccc3cccc(OCc4cccc([N+](=O)[O-])c4)c3n2)CC1. The molecule has 0 unspecified atom stereocenters. The lowest BCUT2D eigenvalue weighted by Gasteiger charge is -2.31. The number of nitro benzene ring substituents is 1. The number of aromatic nitrogens is 1. The molecule has 0 aliphatic carbocycles. The van der Waals surface area contributed by atoms with E-state index < -0.39 is 4.92 Å². The van der Waals surface area contributed by atoms with Gasteiger partial charge in [-0.25, -0.2) is 4.98 Å². The molecule has 4 rings (SSSR count). The average Bonchev–Trinajstić information content (AvgIpc) is 2.72. The van der Waals surface area contributed by atoms with E-state index in [9.17, 15) is 10.1 Å². The summed E-state index contributed by atoms with van der Waals surface area (Å²) < 4.78 is 6.00. The van der Waals surface area contributed by atoms with Crippen molar-refractivity contribution in [3.63, 3.8) is 0 Å². The second-order valence-electron chi connectivity index (χ2n) is 7.38. The molecule has 0 amide bonds. The predicted molar refractivity (Wildman–Crippen MR) is 110 cm³/mol. The number of pyridine rings is 1. The van der Waals surface area contributed by atoms with Crippen LogP contribution in [0.25, 0.3) is 10.9 Å². The number of benzene rings is 2. The molecule has 0 radical (unpaired) electrons. The fourth-order valence-corrected chi connectivity index (χ4v) is 3.56. The van der Waals surface area contributed by atoms with Crippen LogP contribution in [-0.2, 0) is 6.61 Å². The molecule has 1 saturated heterocycles. The summed E-state index contributed by atoms with van der Waals surface area (Å²) in [6.07, 6.45) is 2.37. The molecule has 0 spiro atoms. The third-order valence-electron chi connectivity index (χ3n) is 5.29. The maximum Gasteiger partial charge on any atom is 0.269 e. The highest BCUT2D eigenvalue weighted by Crippen LogP contribution is 2.29. The van der Waals surface area contributed by atoms with Gasteiger partial charge in [-0.15, -0.1) is 0 Å². The normalized spacial score (nSPS) is 15.0. The number of non-ortho nitro benzene ring substituents is 1. The molecular weight excluding hydrogens is 354 g/mol. The third kappa shape index (κ3) is 3.91. The highest BCUT2D eigenvalue weighted by Gasteiger charge is 2.17. The molecule has 144 valence electrons. The molecule has 3 aromatic rings. The second-order valence-corrected chi connectivity index (χ2v) is 7.38. The van der Waals surface area contributed by atoms with Gasteiger partial charge in [0, 0.05) is 30.6 Å². The van der Waals surface area contributed by atoms with Gasteiger partial charge in [-0.1, -0.05) is 31.2 Å². The molecule has 6 nitrogen and oxygen atoms in total. The average molecular weight is 377 g/mol. The number of fused-ring (bicyclic) bond motifs is 1. The Kier molecular flexibility index (Phi) is 5.10. The Morgan fingerprint density at radius 3 is 2.71 bits per heavy atom. The van der Waals surface area contributed by atoms with E-state index in [1.54, 1.807) is 12.1 Å². The van der Waals surface area contributed by atoms with Crippen molar-refractivity contribution in [1.82, 2.24) is 4.98 Å². The molecule has 6 heteroatoms. The van der Waals surface area contributed by atoms with Crippen molar-refractivity contribution in [2.45, 2.75) is 26.4 Å². The zero-order valence-electron chi connectivity index (χ0n) is 15.9. The van der Waals surface area contributed by atoms with Crippen molar-refractivity contribution in [2.75, 3.05) is 18.0 Å². The molecule has 1 fully saturated rings. The van der Waals surface area contributed by atoms with Crippen LogP contribution in [0.3, 0.4) is 0 Å². The first kappa shape index (κ1) is 18.2. The number of anilines is 1. The summed E-state index contributed by atoms with van der Waals surface area (Å²) in [4.78, 5) is 17.8. The van der Waals surface area contributed by atoms with E-state index >= 15 is 0 Å². The fourth-order valence-electron chi connectivity index (χ4n) is 3.56. The smallest absolute Gasteiger partial charge is 0.269 e. The van der Waals surface area contributed by atoms with Crippen molar-refractivity contribution in [3.8, 4) is 5.75 Å². The maximum atomic E-state index is 11.0. The van der Waals surface area contributed by atoms with Gasteiger partial charge in [-0.05, 0) is 42.5 Å². The molecule has 0 saturated carbocycles. The minimum Gasteiger partial charge on any atom is -0.487 e. The van der Waals surface area contributed by atoms with Gasteiger partial charge in [0.2, 0.25) is 0 Å². The molecule has 0 N–H and O–H groups in total. The van der Waals surface area contributed by atoms with Gasteiger partial charge in [0.15, 0.2) is 0 Å². The molecule has 28 heavy (non-hydrogen) atoms. The Labute approximate surface area is 163 Å². The van der Waals surface area contributed by atoms with Crippen LogP contribution < -0.4 is 9.64 Å². The topological polar surface area (TPSA) is 68.5 Å². The van der Waals surface area contributed by atoms with Crippen LogP contribution in [0.5, 0.6) is 5.75 Å². The van der Waals surface area contributed by atoms with Gasteiger partial charge in [-0.3, -0.25) is 10.1 Å². The number of para-hydroxylation sites is 1. The molecule has 1 aliphatic rings. The molecule has 1 aliphatic heterocycles. The van der Waals surface area contributed by atoms with Crippen LogP contribution in [0.2, 0.25) is 0 Å². The summed E-state index contributed by atoms with van der Waals surface area (Å²) in [5.74, 6) is 2.44. The first-order valence-corrected chi connectivity index (χ1v) is 9.61. The number of rotatable bonds is 5. The van der Waals surface area contributed by atoms with E-state index in [0.29, 0.717) is 5.75 Å². The Hall–Kier alpha value is -3.15. The molecule has 0 bridgehead atoms. The first-order valence-electron chi connectivity index (χ1n) is 9.61. The zero-order chi connectivity index (χ0) is 19.5. The molecule has 2 aromatic carbocycles. The van der Waals surface area contributed by atoms with Gasteiger partial charge >= 0.3 is 0 Å².